The quantitative estimate of drug-likeness (QED) is 0.148. The molecule has 3 saturated heterocycles. The number of alkyl halides is 1. The second-order valence-electron chi connectivity index (χ2n) is 11.7. The van der Waals surface area contributed by atoms with Gasteiger partial charge in [0.25, 0.3) is 0 Å². The van der Waals surface area contributed by atoms with Crippen LogP contribution >= 0.6 is 15.9 Å². The van der Waals surface area contributed by atoms with Crippen molar-refractivity contribution in [2.75, 3.05) is 32.8 Å². The number of likely N-dealkylation sites (tertiary alicyclic amines) is 1. The van der Waals surface area contributed by atoms with Crippen LogP contribution in [0.5, 0.6) is 0 Å². The van der Waals surface area contributed by atoms with E-state index in [2.05, 4.69) is 34.4 Å². The highest BCUT2D eigenvalue weighted by Crippen LogP contribution is 2.60. The van der Waals surface area contributed by atoms with Crippen molar-refractivity contribution in [1.82, 2.24) is 15.1 Å². The summed E-state index contributed by atoms with van der Waals surface area (Å²) in [6.45, 7) is 10.4. The van der Waals surface area contributed by atoms with E-state index in [-0.39, 0.29) is 55.1 Å². The molecule has 3 aliphatic heterocycles. The van der Waals surface area contributed by atoms with Gasteiger partial charge in [0.15, 0.2) is 0 Å². The highest BCUT2D eigenvalue weighted by Gasteiger charge is 2.77. The molecule has 3 heterocycles. The number of ether oxygens (including phenoxy) is 2. The number of amides is 3. The maximum atomic E-state index is 14.2. The number of nitrogens with one attached hydrogen (secondary N) is 1. The fraction of sp³-hybridized carbons (Fsp3) is 0.576. The van der Waals surface area contributed by atoms with Crippen molar-refractivity contribution in [3.8, 4) is 0 Å². The molecule has 0 radical (unpaired) electrons. The van der Waals surface area contributed by atoms with Gasteiger partial charge in [-0.2, -0.15) is 0 Å². The van der Waals surface area contributed by atoms with Crippen LogP contribution in [0.2, 0.25) is 0 Å². The van der Waals surface area contributed by atoms with E-state index in [4.69, 9.17) is 9.47 Å². The van der Waals surface area contributed by atoms with Gasteiger partial charge < -0.3 is 29.7 Å². The Labute approximate surface area is 267 Å². The van der Waals surface area contributed by atoms with Crippen LogP contribution in [0.3, 0.4) is 0 Å². The summed E-state index contributed by atoms with van der Waals surface area (Å²) in [4.78, 5) is 57.7. The van der Waals surface area contributed by atoms with Crippen molar-refractivity contribution in [3.05, 3.63) is 61.2 Å². The molecule has 1 unspecified atom stereocenters. The van der Waals surface area contributed by atoms with E-state index < -0.39 is 41.7 Å². The first-order valence-corrected chi connectivity index (χ1v) is 16.4. The van der Waals surface area contributed by atoms with Gasteiger partial charge in [-0.1, -0.05) is 71.8 Å². The molecule has 4 rings (SSSR count). The number of hydrogen-bond acceptors (Lipinski definition) is 7. The third kappa shape index (κ3) is 6.79. The van der Waals surface area contributed by atoms with E-state index in [1.54, 1.807) is 17.1 Å². The molecule has 0 aliphatic carbocycles. The minimum atomic E-state index is -1.22. The highest BCUT2D eigenvalue weighted by molar-refractivity contribution is 9.09. The van der Waals surface area contributed by atoms with Crippen LogP contribution in [0.15, 0.2) is 55.6 Å². The molecule has 11 heteroatoms. The number of nitrogens with zero attached hydrogens (tertiary/aromatic N) is 2. The zero-order valence-electron chi connectivity index (χ0n) is 25.4. The molecule has 1 aromatic rings. The smallest absolute Gasteiger partial charge is 0.313 e. The average molecular weight is 675 g/mol. The summed E-state index contributed by atoms with van der Waals surface area (Å²) in [6.07, 6.45) is 4.99. The molecule has 10 nitrogen and oxygen atoms in total. The molecule has 2 bridgehead atoms. The molecule has 3 aliphatic rings. The Morgan fingerprint density at radius 1 is 1.25 bits per heavy atom. The zero-order valence-corrected chi connectivity index (χ0v) is 27.0. The predicted molar refractivity (Wildman–Crippen MR) is 169 cm³/mol. The van der Waals surface area contributed by atoms with Gasteiger partial charge in [-0.25, -0.2) is 0 Å². The number of aliphatic hydroxyl groups excluding tert-OH is 1. The van der Waals surface area contributed by atoms with E-state index >= 15 is 0 Å². The molecule has 1 aromatic carbocycles. The molecule has 1 spiro atoms. The Hall–Kier alpha value is -3.02. The molecule has 7 atom stereocenters. The van der Waals surface area contributed by atoms with Crippen molar-refractivity contribution < 1.29 is 33.8 Å². The number of benzene rings is 1. The standard InChI is InChI=1S/C33H44BrN3O7/c1-4-7-15-25(39)35-21-24(22-13-10-9-11-14-22)43-32(42)26-27-30(40)37(18-12-19-38)29(33(27)20-23(34)28(26)44-33)31(41)36(16-6-3)17-8-5-2/h4,6,9-11,13-14,23-24,26-29,38H,1,3,5,7-8,12,15-21H2,2H3,(H,35,39)/t23?,24-,26-,27+,28-,29-,33+/m1/s1. The maximum Gasteiger partial charge on any atom is 0.313 e. The molecule has 3 fully saturated rings. The number of carbonyl (C=O) groups excluding carboxylic acids is 4. The van der Waals surface area contributed by atoms with Gasteiger partial charge in [-0.05, 0) is 31.2 Å². The number of hydrogen-bond donors (Lipinski definition) is 2. The van der Waals surface area contributed by atoms with E-state index in [1.165, 1.54) is 4.90 Å². The first kappa shape index (κ1) is 33.9. The summed E-state index contributed by atoms with van der Waals surface area (Å²) in [5, 5.41) is 12.5. The van der Waals surface area contributed by atoms with Gasteiger partial charge in [0.05, 0.1) is 24.5 Å². The van der Waals surface area contributed by atoms with E-state index in [1.807, 2.05) is 37.3 Å². The number of allylic oxidation sites excluding steroid dienone is 1. The average Bonchev–Trinajstić information content (AvgIpc) is 3.62. The van der Waals surface area contributed by atoms with E-state index in [0.717, 1.165) is 12.8 Å². The third-order valence-electron chi connectivity index (χ3n) is 8.79. The number of esters is 1. The minimum Gasteiger partial charge on any atom is -0.455 e. The Kier molecular flexibility index (Phi) is 11.8. The van der Waals surface area contributed by atoms with Crippen LogP contribution in [0.1, 0.15) is 57.1 Å². The van der Waals surface area contributed by atoms with Crippen molar-refractivity contribution in [3.63, 3.8) is 0 Å². The summed E-state index contributed by atoms with van der Waals surface area (Å²) in [5.41, 5.74) is -0.524. The van der Waals surface area contributed by atoms with Gasteiger partial charge in [0, 0.05) is 37.5 Å². The van der Waals surface area contributed by atoms with Crippen molar-refractivity contribution in [2.24, 2.45) is 11.8 Å². The van der Waals surface area contributed by atoms with Crippen molar-refractivity contribution in [2.45, 2.75) is 74.1 Å². The van der Waals surface area contributed by atoms with Gasteiger partial charge in [0.1, 0.15) is 17.7 Å². The minimum absolute atomic E-state index is 0.0587. The van der Waals surface area contributed by atoms with Crippen LogP contribution in [0.4, 0.5) is 0 Å². The molecular formula is C33H44BrN3O7. The lowest BCUT2D eigenvalue weighted by Crippen LogP contribution is -2.57. The lowest BCUT2D eigenvalue weighted by molar-refractivity contribution is -0.160. The van der Waals surface area contributed by atoms with Crippen LogP contribution in [0.25, 0.3) is 0 Å². The Morgan fingerprint density at radius 2 is 2.00 bits per heavy atom. The first-order valence-electron chi connectivity index (χ1n) is 15.5. The van der Waals surface area contributed by atoms with Gasteiger partial charge >= 0.3 is 5.97 Å². The fourth-order valence-corrected chi connectivity index (χ4v) is 7.71. The Morgan fingerprint density at radius 3 is 2.66 bits per heavy atom. The number of carbonyl (C=O) groups is 4. The lowest BCUT2D eigenvalue weighted by atomic mass is 9.70. The summed E-state index contributed by atoms with van der Waals surface area (Å²) < 4.78 is 12.7. The molecule has 240 valence electrons. The van der Waals surface area contributed by atoms with Crippen molar-refractivity contribution >= 4 is 39.6 Å². The number of fused-ring (bicyclic) bond motifs is 1. The first-order chi connectivity index (χ1) is 21.2. The Balaban J connectivity index is 1.64. The van der Waals surface area contributed by atoms with Gasteiger partial charge in [-0.15, -0.1) is 13.2 Å². The molecule has 44 heavy (non-hydrogen) atoms. The number of rotatable bonds is 17. The second-order valence-corrected chi connectivity index (χ2v) is 12.8. The molecular weight excluding hydrogens is 630 g/mol. The fourth-order valence-electron chi connectivity index (χ4n) is 6.77. The van der Waals surface area contributed by atoms with Crippen LogP contribution in [0, 0.1) is 11.8 Å². The highest BCUT2D eigenvalue weighted by atomic mass is 79.9. The van der Waals surface area contributed by atoms with Crippen LogP contribution < -0.4 is 5.32 Å². The van der Waals surface area contributed by atoms with Crippen molar-refractivity contribution in [1.29, 1.82) is 0 Å². The van der Waals surface area contributed by atoms with Gasteiger partial charge in [-0.3, -0.25) is 19.2 Å². The summed E-state index contributed by atoms with van der Waals surface area (Å²) in [6, 6.07) is 8.18. The van der Waals surface area contributed by atoms with Crippen LogP contribution in [-0.2, 0) is 28.7 Å². The summed E-state index contributed by atoms with van der Waals surface area (Å²) >= 11 is 3.69. The summed E-state index contributed by atoms with van der Waals surface area (Å²) in [7, 11) is 0. The second kappa shape index (κ2) is 15.3. The maximum absolute atomic E-state index is 14.2. The van der Waals surface area contributed by atoms with Crippen LogP contribution in [-0.4, -0.2) is 94.0 Å². The summed E-state index contributed by atoms with van der Waals surface area (Å²) in [5.74, 6) is -3.27. The van der Waals surface area contributed by atoms with E-state index in [0.29, 0.717) is 31.5 Å². The molecule has 2 N–H and O–H groups in total. The molecule has 0 saturated carbocycles. The normalized spacial score (nSPS) is 27.5. The monoisotopic (exact) mass is 673 g/mol. The molecule has 3 amide bonds. The third-order valence-corrected chi connectivity index (χ3v) is 9.63. The number of unbranched alkanes of at least 4 members (excludes halogenated alkanes) is 1. The Bertz CT molecular complexity index is 1210. The number of aliphatic hydroxyl groups is 1. The van der Waals surface area contributed by atoms with Gasteiger partial charge in [0.2, 0.25) is 17.7 Å². The SMILES string of the molecule is C=CCCC(=O)NC[C@@H](OC(=O)[C@H]1[C@@H]2O[C@@]3(CC2Br)[C@@H]1C(=O)N(CCCO)[C@@H]3C(=O)N(CC=C)CCCC)c1ccccc1. The molecule has 0 aromatic heterocycles. The largest absolute Gasteiger partial charge is 0.455 e. The van der Waals surface area contributed by atoms with E-state index in [9.17, 15) is 24.3 Å². The number of halogens is 1. The topological polar surface area (TPSA) is 125 Å². The zero-order chi connectivity index (χ0) is 31.9. The lowest BCUT2D eigenvalue weighted by Gasteiger charge is -2.37. The predicted octanol–water partition coefficient (Wildman–Crippen LogP) is 3.30.